The summed E-state index contributed by atoms with van der Waals surface area (Å²) in [6, 6.07) is 1.66. The average Bonchev–Trinajstić information content (AvgIpc) is 2.45. The molecule has 0 radical (unpaired) electrons. The Morgan fingerprint density at radius 1 is 1.32 bits per heavy atom. The summed E-state index contributed by atoms with van der Waals surface area (Å²) in [6.07, 6.45) is -0.135. The van der Waals surface area contributed by atoms with Gasteiger partial charge in [0.2, 0.25) is 5.91 Å². The molecule has 9 heteroatoms. The van der Waals surface area contributed by atoms with Crippen molar-refractivity contribution in [3.63, 3.8) is 0 Å². The average molecular weight is 498 g/mol. The molecular formula is C13H20BrF3IN3O. The van der Waals surface area contributed by atoms with E-state index < -0.39 is 18.6 Å². The Balaban J connectivity index is 0. The highest BCUT2D eigenvalue weighted by atomic mass is 127. The van der Waals surface area contributed by atoms with E-state index in [1.807, 2.05) is 4.93 Å². The van der Waals surface area contributed by atoms with Crippen LogP contribution in [0.5, 0.6) is 0 Å². The quantitative estimate of drug-likeness (QED) is 0.479. The van der Waals surface area contributed by atoms with Crippen LogP contribution < -0.4 is 10.6 Å². The molecule has 0 saturated carbocycles. The van der Waals surface area contributed by atoms with Gasteiger partial charge in [-0.2, -0.15) is 13.2 Å². The van der Waals surface area contributed by atoms with Gasteiger partial charge in [0, 0.05) is 10.7 Å². The second-order valence-corrected chi connectivity index (χ2v) is 4.76. The first-order valence-corrected chi connectivity index (χ1v) is 9.29. The summed E-state index contributed by atoms with van der Waals surface area (Å²) in [5.41, 5.74) is 0.543. The maximum absolute atomic E-state index is 11.8. The van der Waals surface area contributed by atoms with Crippen molar-refractivity contribution in [2.45, 2.75) is 26.4 Å². The van der Waals surface area contributed by atoms with E-state index in [9.17, 15) is 18.0 Å². The van der Waals surface area contributed by atoms with E-state index in [1.165, 1.54) is 12.6 Å². The highest BCUT2D eigenvalue weighted by Gasteiger charge is 2.27. The molecule has 0 unspecified atom stereocenters. The lowest BCUT2D eigenvalue weighted by atomic mass is 10.4. The Morgan fingerprint density at radius 2 is 1.86 bits per heavy atom. The van der Waals surface area contributed by atoms with Gasteiger partial charge in [0.1, 0.15) is 6.54 Å². The van der Waals surface area contributed by atoms with Gasteiger partial charge in [-0.3, -0.25) is 9.78 Å². The van der Waals surface area contributed by atoms with Crippen LogP contribution in [-0.4, -0.2) is 35.1 Å². The number of nitrogens with zero attached hydrogens (tertiary/aromatic N) is 1. The molecule has 1 rings (SSSR count). The zero-order valence-electron chi connectivity index (χ0n) is 12.6. The lowest BCUT2D eigenvalue weighted by molar-refractivity contribution is -0.137. The van der Waals surface area contributed by atoms with E-state index in [0.29, 0.717) is 10.2 Å². The fourth-order valence-electron chi connectivity index (χ4n) is 0.952. The number of aromatic nitrogens is 1. The molecule has 1 aromatic heterocycles. The SMILES string of the molecule is CCC.CI.O=C(CNc1cncc(Br)c1)NCC(F)(F)F. The molecule has 4 nitrogen and oxygen atoms in total. The van der Waals surface area contributed by atoms with Crippen molar-refractivity contribution in [1.82, 2.24) is 10.3 Å². The smallest absolute Gasteiger partial charge is 0.375 e. The van der Waals surface area contributed by atoms with Crippen molar-refractivity contribution >= 4 is 50.1 Å². The van der Waals surface area contributed by atoms with Crippen LogP contribution in [-0.2, 0) is 4.79 Å². The van der Waals surface area contributed by atoms with Crippen LogP contribution in [0.2, 0.25) is 0 Å². The molecule has 1 amide bonds. The molecule has 0 bridgehead atoms. The van der Waals surface area contributed by atoms with Gasteiger partial charge < -0.3 is 10.6 Å². The maximum atomic E-state index is 11.8. The van der Waals surface area contributed by atoms with Crippen molar-refractivity contribution in [3.05, 3.63) is 22.9 Å². The minimum absolute atomic E-state index is 0.242. The number of rotatable bonds is 4. The van der Waals surface area contributed by atoms with E-state index in [-0.39, 0.29) is 6.54 Å². The van der Waals surface area contributed by atoms with Crippen molar-refractivity contribution < 1.29 is 18.0 Å². The number of pyridine rings is 1. The summed E-state index contributed by atoms with van der Waals surface area (Å²) >= 11 is 5.32. The number of amides is 1. The normalized spacial score (nSPS) is 9.64. The zero-order valence-corrected chi connectivity index (χ0v) is 16.3. The molecule has 0 atom stereocenters. The number of carbonyl (C=O) groups excluding carboxylic acids is 1. The molecule has 1 aromatic rings. The van der Waals surface area contributed by atoms with Gasteiger partial charge in [-0.1, -0.05) is 42.9 Å². The minimum atomic E-state index is -4.40. The summed E-state index contributed by atoms with van der Waals surface area (Å²) in [7, 11) is 0. The molecule has 128 valence electrons. The first-order valence-electron chi connectivity index (χ1n) is 6.34. The third kappa shape index (κ3) is 15.8. The topological polar surface area (TPSA) is 54.0 Å². The molecule has 22 heavy (non-hydrogen) atoms. The van der Waals surface area contributed by atoms with Crippen LogP contribution >= 0.6 is 38.5 Å². The summed E-state index contributed by atoms with van der Waals surface area (Å²) < 4.78 is 36.0. The van der Waals surface area contributed by atoms with Gasteiger partial charge in [-0.25, -0.2) is 0 Å². The van der Waals surface area contributed by atoms with E-state index in [1.54, 1.807) is 17.6 Å². The van der Waals surface area contributed by atoms with Crippen LogP contribution in [0.15, 0.2) is 22.9 Å². The number of halogens is 5. The Hall–Kier alpha value is -0.580. The van der Waals surface area contributed by atoms with Gasteiger partial charge >= 0.3 is 6.18 Å². The summed E-state index contributed by atoms with van der Waals surface area (Å²) in [4.78, 5) is 16.8. The predicted octanol–water partition coefficient (Wildman–Crippen LogP) is 4.40. The Labute approximate surface area is 150 Å². The Bertz CT molecular complexity index is 420. The van der Waals surface area contributed by atoms with Crippen LogP contribution in [0.3, 0.4) is 0 Å². The standard InChI is InChI=1S/C9H9BrF3N3O.C3H8.CH3I/c10-6-1-7(3-14-2-6)15-4-8(17)16-5-9(11,12)13;1-3-2;1-2/h1-3,15H,4-5H2,(H,16,17);3H2,1-2H3;1H3. The van der Waals surface area contributed by atoms with Gasteiger partial charge in [0.25, 0.3) is 0 Å². The first kappa shape index (κ1) is 23.7. The van der Waals surface area contributed by atoms with Gasteiger partial charge in [-0.15, -0.1) is 0 Å². The van der Waals surface area contributed by atoms with Crippen molar-refractivity contribution in [3.8, 4) is 0 Å². The third-order valence-corrected chi connectivity index (χ3v) is 2.08. The molecule has 0 aromatic carbocycles. The highest BCUT2D eigenvalue weighted by molar-refractivity contribution is 14.1. The van der Waals surface area contributed by atoms with Crippen LogP contribution in [0.4, 0.5) is 18.9 Å². The number of alkyl halides is 4. The molecule has 0 fully saturated rings. The summed E-state index contributed by atoms with van der Waals surface area (Å²) in [5, 5.41) is 4.40. The van der Waals surface area contributed by atoms with Crippen molar-refractivity contribution in [2.24, 2.45) is 0 Å². The minimum Gasteiger partial charge on any atom is -0.375 e. The largest absolute Gasteiger partial charge is 0.405 e. The zero-order chi connectivity index (χ0) is 17.6. The van der Waals surface area contributed by atoms with Gasteiger partial charge in [-0.05, 0) is 26.9 Å². The van der Waals surface area contributed by atoms with E-state index in [4.69, 9.17) is 0 Å². The monoisotopic (exact) mass is 497 g/mol. The summed E-state index contributed by atoms with van der Waals surface area (Å²) in [5.74, 6) is -0.734. The molecule has 0 aliphatic carbocycles. The molecule has 0 saturated heterocycles. The first-order chi connectivity index (χ1) is 10.3. The fourth-order valence-corrected chi connectivity index (χ4v) is 1.32. The second-order valence-electron chi connectivity index (χ2n) is 3.84. The molecule has 1 heterocycles. The van der Waals surface area contributed by atoms with Crippen LogP contribution in [0.25, 0.3) is 0 Å². The van der Waals surface area contributed by atoms with Crippen LogP contribution in [0, 0.1) is 0 Å². The number of hydrogen-bond donors (Lipinski definition) is 2. The van der Waals surface area contributed by atoms with Gasteiger partial charge in [0.05, 0.1) is 18.4 Å². The maximum Gasteiger partial charge on any atom is 0.405 e. The van der Waals surface area contributed by atoms with Gasteiger partial charge in [0.15, 0.2) is 0 Å². The number of hydrogen-bond acceptors (Lipinski definition) is 3. The van der Waals surface area contributed by atoms with E-state index in [2.05, 4.69) is 62.7 Å². The highest BCUT2D eigenvalue weighted by Crippen LogP contribution is 2.13. The lowest BCUT2D eigenvalue weighted by Gasteiger charge is -2.09. The number of carbonyl (C=O) groups is 1. The fraction of sp³-hybridized carbons (Fsp3) is 0.538. The molecule has 0 aliphatic heterocycles. The molecule has 0 spiro atoms. The number of anilines is 1. The van der Waals surface area contributed by atoms with Crippen molar-refractivity contribution in [1.29, 1.82) is 0 Å². The molecule has 2 N–H and O–H groups in total. The third-order valence-electron chi connectivity index (χ3n) is 1.64. The summed E-state index contributed by atoms with van der Waals surface area (Å²) in [6.45, 7) is 2.68. The second kappa shape index (κ2) is 14.0. The van der Waals surface area contributed by atoms with E-state index >= 15 is 0 Å². The predicted molar refractivity (Wildman–Crippen MR) is 95.4 cm³/mol. The Kier molecular flexibility index (Phi) is 15.1. The Morgan fingerprint density at radius 3 is 2.32 bits per heavy atom. The van der Waals surface area contributed by atoms with Crippen molar-refractivity contribution in [2.75, 3.05) is 23.3 Å². The molecule has 0 aliphatic rings. The van der Waals surface area contributed by atoms with E-state index in [0.717, 1.165) is 0 Å². The number of nitrogens with one attached hydrogen (secondary N) is 2. The lowest BCUT2D eigenvalue weighted by Crippen LogP contribution is -2.37. The molecular weight excluding hydrogens is 478 g/mol. The van der Waals surface area contributed by atoms with Crippen LogP contribution in [0.1, 0.15) is 20.3 Å².